The zero-order valence-electron chi connectivity index (χ0n) is 11.4. The Morgan fingerprint density at radius 1 is 1.20 bits per heavy atom. The highest BCUT2D eigenvalue weighted by atomic mass is 79.9. The number of hydrogen-bond acceptors (Lipinski definition) is 1. The van der Waals surface area contributed by atoms with E-state index in [2.05, 4.69) is 28.2 Å². The SMILES string of the molecule is CNC(C)Cc1ccc(-c2ccc(Br)c(Cl)c2F)cc1. The quantitative estimate of drug-likeness (QED) is 0.755. The minimum Gasteiger partial charge on any atom is -0.317 e. The van der Waals surface area contributed by atoms with E-state index in [1.54, 1.807) is 12.1 Å². The molecule has 0 heterocycles. The van der Waals surface area contributed by atoms with Gasteiger partial charge in [-0.2, -0.15) is 0 Å². The molecule has 20 heavy (non-hydrogen) atoms. The average molecular weight is 357 g/mol. The normalized spacial score (nSPS) is 12.4. The lowest BCUT2D eigenvalue weighted by molar-refractivity contribution is 0.608. The molecule has 0 radical (unpaired) electrons. The lowest BCUT2D eigenvalue weighted by atomic mass is 10.0. The van der Waals surface area contributed by atoms with Gasteiger partial charge in [-0.1, -0.05) is 41.9 Å². The summed E-state index contributed by atoms with van der Waals surface area (Å²) in [4.78, 5) is 0. The number of rotatable bonds is 4. The lowest BCUT2D eigenvalue weighted by Crippen LogP contribution is -2.23. The molecule has 1 nitrogen and oxygen atoms in total. The largest absolute Gasteiger partial charge is 0.317 e. The molecule has 0 aliphatic heterocycles. The maximum Gasteiger partial charge on any atom is 0.150 e. The molecule has 2 aromatic carbocycles. The first-order valence-electron chi connectivity index (χ1n) is 6.43. The van der Waals surface area contributed by atoms with Gasteiger partial charge in [-0.3, -0.25) is 0 Å². The topological polar surface area (TPSA) is 12.0 Å². The third-order valence-electron chi connectivity index (χ3n) is 3.33. The molecule has 1 N–H and O–H groups in total. The molecule has 0 spiro atoms. The van der Waals surface area contributed by atoms with Gasteiger partial charge in [-0.25, -0.2) is 4.39 Å². The molecule has 0 saturated carbocycles. The van der Waals surface area contributed by atoms with Gasteiger partial charge < -0.3 is 5.32 Å². The first-order chi connectivity index (χ1) is 9.52. The molecule has 2 rings (SSSR count). The summed E-state index contributed by atoms with van der Waals surface area (Å²) in [6, 6.07) is 11.8. The van der Waals surface area contributed by atoms with Crippen molar-refractivity contribution in [1.29, 1.82) is 0 Å². The summed E-state index contributed by atoms with van der Waals surface area (Å²) in [6.45, 7) is 2.13. The minimum absolute atomic E-state index is 0.121. The molecule has 0 fully saturated rings. The van der Waals surface area contributed by atoms with Gasteiger partial charge in [0.1, 0.15) is 0 Å². The zero-order valence-corrected chi connectivity index (χ0v) is 13.7. The van der Waals surface area contributed by atoms with Crippen LogP contribution < -0.4 is 5.32 Å². The molecule has 0 bridgehead atoms. The number of halogens is 3. The first kappa shape index (κ1) is 15.5. The molecule has 4 heteroatoms. The van der Waals surface area contributed by atoms with Crippen LogP contribution in [0, 0.1) is 5.82 Å². The summed E-state index contributed by atoms with van der Waals surface area (Å²) < 4.78 is 14.7. The van der Waals surface area contributed by atoms with Crippen molar-refractivity contribution in [2.24, 2.45) is 0 Å². The highest BCUT2D eigenvalue weighted by Crippen LogP contribution is 2.33. The summed E-state index contributed by atoms with van der Waals surface area (Å²) >= 11 is 9.14. The monoisotopic (exact) mass is 355 g/mol. The molecular formula is C16H16BrClFN. The number of nitrogens with one attached hydrogen (secondary N) is 1. The smallest absolute Gasteiger partial charge is 0.150 e. The van der Waals surface area contributed by atoms with E-state index in [4.69, 9.17) is 11.6 Å². The highest BCUT2D eigenvalue weighted by Gasteiger charge is 2.12. The second kappa shape index (κ2) is 6.70. The number of benzene rings is 2. The molecule has 2 aromatic rings. The Morgan fingerprint density at radius 3 is 2.45 bits per heavy atom. The highest BCUT2D eigenvalue weighted by molar-refractivity contribution is 9.10. The van der Waals surface area contributed by atoms with Crippen LogP contribution in [0.4, 0.5) is 4.39 Å². The van der Waals surface area contributed by atoms with Gasteiger partial charge in [0.25, 0.3) is 0 Å². The maximum atomic E-state index is 14.1. The Morgan fingerprint density at radius 2 is 1.85 bits per heavy atom. The molecule has 1 unspecified atom stereocenters. The first-order valence-corrected chi connectivity index (χ1v) is 7.60. The van der Waals surface area contributed by atoms with E-state index in [1.165, 1.54) is 5.56 Å². The van der Waals surface area contributed by atoms with E-state index in [0.29, 0.717) is 16.1 Å². The van der Waals surface area contributed by atoms with Gasteiger partial charge in [0, 0.05) is 16.1 Å². The van der Waals surface area contributed by atoms with E-state index in [9.17, 15) is 4.39 Å². The van der Waals surface area contributed by atoms with E-state index in [1.807, 2.05) is 31.3 Å². The number of hydrogen-bond donors (Lipinski definition) is 1. The van der Waals surface area contributed by atoms with Gasteiger partial charge >= 0.3 is 0 Å². The van der Waals surface area contributed by atoms with E-state index in [0.717, 1.165) is 12.0 Å². The predicted octanol–water partition coefficient (Wildman–Crippen LogP) is 5.06. The van der Waals surface area contributed by atoms with Gasteiger partial charge in [0.15, 0.2) is 5.82 Å². The van der Waals surface area contributed by atoms with Crippen molar-refractivity contribution in [3.8, 4) is 11.1 Å². The third kappa shape index (κ3) is 3.40. The van der Waals surface area contributed by atoms with Crippen LogP contribution in [0.1, 0.15) is 12.5 Å². The van der Waals surface area contributed by atoms with Crippen molar-refractivity contribution in [3.63, 3.8) is 0 Å². The van der Waals surface area contributed by atoms with Crippen LogP contribution in [0.5, 0.6) is 0 Å². The van der Waals surface area contributed by atoms with Crippen molar-refractivity contribution in [1.82, 2.24) is 5.32 Å². The Balaban J connectivity index is 2.29. The molecule has 0 aliphatic carbocycles. The Kier molecular flexibility index (Phi) is 5.19. The van der Waals surface area contributed by atoms with Crippen molar-refractivity contribution >= 4 is 27.5 Å². The van der Waals surface area contributed by atoms with Crippen LogP contribution >= 0.6 is 27.5 Å². The van der Waals surface area contributed by atoms with Gasteiger partial charge in [0.2, 0.25) is 0 Å². The van der Waals surface area contributed by atoms with Crippen LogP contribution in [0.3, 0.4) is 0 Å². The Hall–Kier alpha value is -0.900. The summed E-state index contributed by atoms with van der Waals surface area (Å²) in [5.74, 6) is -0.391. The maximum absolute atomic E-state index is 14.1. The van der Waals surface area contributed by atoms with Crippen molar-refractivity contribution < 1.29 is 4.39 Å². The second-order valence-electron chi connectivity index (χ2n) is 4.81. The minimum atomic E-state index is -0.391. The molecule has 0 saturated heterocycles. The fourth-order valence-electron chi connectivity index (χ4n) is 2.02. The second-order valence-corrected chi connectivity index (χ2v) is 6.05. The zero-order chi connectivity index (χ0) is 14.7. The number of likely N-dealkylation sites (N-methyl/N-ethyl adjacent to an activating group) is 1. The van der Waals surface area contributed by atoms with Gasteiger partial charge in [0.05, 0.1) is 5.02 Å². The van der Waals surface area contributed by atoms with Gasteiger partial charge in [-0.05, 0) is 53.5 Å². The Labute approximate surface area is 132 Å². The fourth-order valence-corrected chi connectivity index (χ4v) is 2.50. The molecule has 0 aliphatic rings. The standard InChI is InChI=1S/C16H16BrClFN/c1-10(20-2)9-11-3-5-12(6-4-11)13-7-8-14(17)15(18)16(13)19/h3-8,10,20H,9H2,1-2H3. The van der Waals surface area contributed by atoms with Crippen LogP contribution in [0.2, 0.25) is 5.02 Å². The van der Waals surface area contributed by atoms with E-state index >= 15 is 0 Å². The van der Waals surface area contributed by atoms with Crippen LogP contribution in [-0.4, -0.2) is 13.1 Å². The molecule has 1 atom stereocenters. The van der Waals surface area contributed by atoms with Crippen molar-refractivity contribution in [3.05, 3.63) is 57.3 Å². The summed E-state index contributed by atoms with van der Waals surface area (Å²) in [5, 5.41) is 3.32. The van der Waals surface area contributed by atoms with Crippen molar-refractivity contribution in [2.45, 2.75) is 19.4 Å². The summed E-state index contributed by atoms with van der Waals surface area (Å²) in [5.41, 5.74) is 2.57. The third-order valence-corrected chi connectivity index (χ3v) is 4.59. The molecule has 0 aromatic heterocycles. The lowest BCUT2D eigenvalue weighted by Gasteiger charge is -2.11. The Bertz CT molecular complexity index is 598. The van der Waals surface area contributed by atoms with E-state index in [-0.39, 0.29) is 5.02 Å². The van der Waals surface area contributed by atoms with Gasteiger partial charge in [-0.15, -0.1) is 0 Å². The molecule has 106 valence electrons. The van der Waals surface area contributed by atoms with Crippen molar-refractivity contribution in [2.75, 3.05) is 7.05 Å². The predicted molar refractivity (Wildman–Crippen MR) is 86.8 cm³/mol. The van der Waals surface area contributed by atoms with E-state index < -0.39 is 5.82 Å². The summed E-state index contributed by atoms with van der Waals surface area (Å²) in [7, 11) is 1.94. The van der Waals surface area contributed by atoms with Crippen LogP contribution in [-0.2, 0) is 6.42 Å². The fraction of sp³-hybridized carbons (Fsp3) is 0.250. The molecular weight excluding hydrogens is 341 g/mol. The molecule has 0 amide bonds. The summed E-state index contributed by atoms with van der Waals surface area (Å²) in [6.07, 6.45) is 0.945. The average Bonchev–Trinajstić information content (AvgIpc) is 2.46. The van der Waals surface area contributed by atoms with Crippen LogP contribution in [0.25, 0.3) is 11.1 Å². The van der Waals surface area contributed by atoms with Crippen LogP contribution in [0.15, 0.2) is 40.9 Å².